The van der Waals surface area contributed by atoms with Gasteiger partial charge in [0.2, 0.25) is 0 Å². The molecule has 88 valence electrons. The molecule has 2 fully saturated rings. The number of fused-ring (bicyclic) bond motifs is 1. The van der Waals surface area contributed by atoms with Gasteiger partial charge in [0.25, 0.3) is 0 Å². The smallest absolute Gasteiger partial charge is 0.0613 e. The maximum Gasteiger partial charge on any atom is 0.0613 e. The van der Waals surface area contributed by atoms with Crippen LogP contribution in [0.15, 0.2) is 0 Å². The highest BCUT2D eigenvalue weighted by Crippen LogP contribution is 2.49. The highest BCUT2D eigenvalue weighted by molar-refractivity contribution is 4.96. The van der Waals surface area contributed by atoms with Crippen molar-refractivity contribution in [3.63, 3.8) is 0 Å². The molecule has 15 heavy (non-hydrogen) atoms. The molecule has 1 saturated carbocycles. The Hall–Kier alpha value is -0.0400. The van der Waals surface area contributed by atoms with E-state index in [0.717, 1.165) is 11.8 Å². The summed E-state index contributed by atoms with van der Waals surface area (Å²) in [6.45, 7) is 9.45. The third-order valence-electron chi connectivity index (χ3n) is 4.37. The molecule has 0 radical (unpaired) electrons. The quantitative estimate of drug-likeness (QED) is 0.635. The van der Waals surface area contributed by atoms with E-state index in [1.54, 1.807) is 0 Å². The van der Waals surface area contributed by atoms with E-state index in [4.69, 9.17) is 4.74 Å². The largest absolute Gasteiger partial charge is 0.374 e. The van der Waals surface area contributed by atoms with Crippen LogP contribution in [0.2, 0.25) is 0 Å². The lowest BCUT2D eigenvalue weighted by atomic mass is 9.66. The third kappa shape index (κ3) is 2.08. The van der Waals surface area contributed by atoms with E-state index in [1.807, 2.05) is 0 Å². The first-order valence-electron chi connectivity index (χ1n) is 6.69. The van der Waals surface area contributed by atoms with Gasteiger partial charge in [0.05, 0.1) is 12.2 Å². The molecule has 4 unspecified atom stereocenters. The summed E-state index contributed by atoms with van der Waals surface area (Å²) < 4.78 is 6.25. The zero-order valence-electron chi connectivity index (χ0n) is 10.8. The lowest BCUT2D eigenvalue weighted by Crippen LogP contribution is -2.34. The van der Waals surface area contributed by atoms with Gasteiger partial charge in [0.1, 0.15) is 0 Å². The summed E-state index contributed by atoms with van der Waals surface area (Å²) in [5.74, 6) is 1.64. The molecule has 0 aromatic carbocycles. The Labute approximate surface area is 94.6 Å². The maximum absolute atomic E-state index is 6.25. The second kappa shape index (κ2) is 4.08. The van der Waals surface area contributed by atoms with Crippen LogP contribution in [-0.4, -0.2) is 12.2 Å². The fraction of sp³-hybridized carbons (Fsp3) is 1.00. The van der Waals surface area contributed by atoms with Crippen LogP contribution < -0.4 is 0 Å². The molecule has 0 aromatic rings. The van der Waals surface area contributed by atoms with Crippen LogP contribution >= 0.6 is 0 Å². The lowest BCUT2D eigenvalue weighted by molar-refractivity contribution is 0.00776. The van der Waals surface area contributed by atoms with Gasteiger partial charge in [-0.2, -0.15) is 0 Å². The van der Waals surface area contributed by atoms with Crippen molar-refractivity contribution in [2.24, 2.45) is 17.3 Å². The van der Waals surface area contributed by atoms with E-state index in [1.165, 1.54) is 32.1 Å². The van der Waals surface area contributed by atoms with Crippen molar-refractivity contribution in [3.8, 4) is 0 Å². The van der Waals surface area contributed by atoms with Crippen molar-refractivity contribution < 1.29 is 4.74 Å². The van der Waals surface area contributed by atoms with Crippen LogP contribution in [0.3, 0.4) is 0 Å². The first kappa shape index (κ1) is 11.4. The van der Waals surface area contributed by atoms with Gasteiger partial charge in [-0.25, -0.2) is 0 Å². The van der Waals surface area contributed by atoms with E-state index in [-0.39, 0.29) is 0 Å². The Morgan fingerprint density at radius 2 is 1.80 bits per heavy atom. The minimum atomic E-state index is 0.414. The normalized spacial score (nSPS) is 41.6. The maximum atomic E-state index is 6.25. The fourth-order valence-electron chi connectivity index (χ4n) is 3.84. The average Bonchev–Trinajstić information content (AvgIpc) is 2.54. The molecule has 0 N–H and O–H groups in total. The van der Waals surface area contributed by atoms with Gasteiger partial charge in [-0.1, -0.05) is 40.5 Å². The van der Waals surface area contributed by atoms with Gasteiger partial charge in [0, 0.05) is 0 Å². The molecule has 0 amide bonds. The van der Waals surface area contributed by atoms with Gasteiger partial charge in [-0.05, 0) is 36.5 Å². The van der Waals surface area contributed by atoms with Crippen LogP contribution in [0.4, 0.5) is 0 Å². The molecule has 1 nitrogen and oxygen atoms in total. The number of rotatable bonds is 1. The Balaban J connectivity index is 2.17. The summed E-state index contributed by atoms with van der Waals surface area (Å²) in [5.41, 5.74) is 0.414. The van der Waals surface area contributed by atoms with Crippen molar-refractivity contribution >= 4 is 0 Å². The SMILES string of the molecule is CCC1OC2CCCCC2C1C(C)(C)C. The van der Waals surface area contributed by atoms with Crippen molar-refractivity contribution in [1.82, 2.24) is 0 Å². The van der Waals surface area contributed by atoms with Crippen LogP contribution in [0.25, 0.3) is 0 Å². The standard InChI is InChI=1S/C14H26O/c1-5-11-13(14(2,3)4)10-8-6-7-9-12(10)15-11/h10-13H,5-9H2,1-4H3. The predicted molar refractivity (Wildman–Crippen MR) is 63.9 cm³/mol. The van der Waals surface area contributed by atoms with Crippen molar-refractivity contribution in [1.29, 1.82) is 0 Å². The molecule has 0 spiro atoms. The monoisotopic (exact) mass is 210 g/mol. The van der Waals surface area contributed by atoms with Gasteiger partial charge >= 0.3 is 0 Å². The molecule has 1 aliphatic heterocycles. The van der Waals surface area contributed by atoms with Crippen molar-refractivity contribution in [2.75, 3.05) is 0 Å². The molecule has 1 aliphatic carbocycles. The van der Waals surface area contributed by atoms with E-state index >= 15 is 0 Å². The first-order valence-corrected chi connectivity index (χ1v) is 6.69. The Bertz CT molecular complexity index is 216. The fourth-order valence-corrected chi connectivity index (χ4v) is 3.84. The average molecular weight is 210 g/mol. The van der Waals surface area contributed by atoms with Gasteiger partial charge in [0.15, 0.2) is 0 Å². The number of hydrogen-bond acceptors (Lipinski definition) is 1. The highest BCUT2D eigenvalue weighted by Gasteiger charge is 2.48. The van der Waals surface area contributed by atoms with E-state index in [2.05, 4.69) is 27.7 Å². The predicted octanol–water partition coefficient (Wildman–Crippen LogP) is 4.02. The molecule has 0 aromatic heterocycles. The Kier molecular flexibility index (Phi) is 3.12. The third-order valence-corrected chi connectivity index (χ3v) is 4.37. The summed E-state index contributed by atoms with van der Waals surface area (Å²) in [7, 11) is 0. The number of hydrogen-bond donors (Lipinski definition) is 0. The number of ether oxygens (including phenoxy) is 1. The molecular weight excluding hydrogens is 184 g/mol. The molecule has 2 aliphatic rings. The topological polar surface area (TPSA) is 9.23 Å². The van der Waals surface area contributed by atoms with Gasteiger partial charge in [-0.15, -0.1) is 0 Å². The van der Waals surface area contributed by atoms with Crippen molar-refractivity contribution in [3.05, 3.63) is 0 Å². The van der Waals surface area contributed by atoms with Gasteiger partial charge < -0.3 is 4.74 Å². The molecule has 4 atom stereocenters. The van der Waals surface area contributed by atoms with Crippen LogP contribution in [0.1, 0.15) is 59.8 Å². The zero-order valence-corrected chi connectivity index (χ0v) is 10.8. The van der Waals surface area contributed by atoms with Crippen LogP contribution in [0.5, 0.6) is 0 Å². The summed E-state index contributed by atoms with van der Waals surface area (Å²) in [5, 5.41) is 0. The Morgan fingerprint density at radius 3 is 2.40 bits per heavy atom. The summed E-state index contributed by atoms with van der Waals surface area (Å²) in [4.78, 5) is 0. The van der Waals surface area contributed by atoms with Gasteiger partial charge in [-0.3, -0.25) is 0 Å². The van der Waals surface area contributed by atoms with Crippen molar-refractivity contribution in [2.45, 2.75) is 72.0 Å². The Morgan fingerprint density at radius 1 is 1.13 bits per heavy atom. The molecule has 2 rings (SSSR count). The minimum absolute atomic E-state index is 0.414. The van der Waals surface area contributed by atoms with Crippen LogP contribution in [-0.2, 0) is 4.74 Å². The first-order chi connectivity index (χ1) is 7.04. The molecular formula is C14H26O. The zero-order chi connectivity index (χ0) is 11.1. The van der Waals surface area contributed by atoms with E-state index in [0.29, 0.717) is 17.6 Å². The second-order valence-corrected chi connectivity index (χ2v) is 6.46. The van der Waals surface area contributed by atoms with Crippen LogP contribution in [0, 0.1) is 17.3 Å². The molecule has 1 saturated heterocycles. The second-order valence-electron chi connectivity index (χ2n) is 6.46. The molecule has 1 heteroatoms. The summed E-state index contributed by atoms with van der Waals surface area (Å²) in [6.07, 6.45) is 7.83. The summed E-state index contributed by atoms with van der Waals surface area (Å²) >= 11 is 0. The minimum Gasteiger partial charge on any atom is -0.374 e. The highest BCUT2D eigenvalue weighted by atomic mass is 16.5. The molecule has 0 bridgehead atoms. The van der Waals surface area contributed by atoms with E-state index in [9.17, 15) is 0 Å². The molecule has 1 heterocycles. The van der Waals surface area contributed by atoms with E-state index < -0.39 is 0 Å². The summed E-state index contributed by atoms with van der Waals surface area (Å²) in [6, 6.07) is 0. The lowest BCUT2D eigenvalue weighted by Gasteiger charge is -2.36.